The van der Waals surface area contributed by atoms with Crippen molar-refractivity contribution >= 4 is 29.1 Å². The van der Waals surface area contributed by atoms with Gasteiger partial charge in [-0.15, -0.1) is 0 Å². The highest BCUT2D eigenvalue weighted by atomic mass is 35.5. The Hall–Kier alpha value is -1.59. The van der Waals surface area contributed by atoms with Gasteiger partial charge in [0.05, 0.1) is 11.5 Å². The van der Waals surface area contributed by atoms with E-state index in [4.69, 9.17) is 11.6 Å². The molecular weight excluding hydrogens is 374 g/mol. The molecule has 0 aromatic heterocycles. The van der Waals surface area contributed by atoms with Gasteiger partial charge in [0.1, 0.15) is 0 Å². The second-order valence-corrected chi connectivity index (χ2v) is 10.9. The average Bonchev–Trinajstić information content (AvgIpc) is 3.01. The zero-order valence-corrected chi connectivity index (χ0v) is 18.6. The number of benzene rings is 1. The van der Waals surface area contributed by atoms with Crippen molar-refractivity contribution in [3.05, 3.63) is 28.8 Å². The summed E-state index contributed by atoms with van der Waals surface area (Å²) in [7, 11) is 1.65. The Kier molecular flexibility index (Phi) is 5.08. The smallest absolute Gasteiger partial charge is 0.237 e. The monoisotopic (exact) mass is 405 g/mol. The van der Waals surface area contributed by atoms with Crippen molar-refractivity contribution in [2.45, 2.75) is 65.5 Å². The summed E-state index contributed by atoms with van der Waals surface area (Å²) in [4.78, 5) is 26.5. The highest BCUT2D eigenvalue weighted by Gasteiger charge is 2.67. The number of hydrogen-bond donors (Lipinski definition) is 3. The van der Waals surface area contributed by atoms with Crippen LogP contribution in [-0.2, 0) is 15.0 Å². The van der Waals surface area contributed by atoms with Gasteiger partial charge in [0.25, 0.3) is 0 Å². The van der Waals surface area contributed by atoms with Crippen molar-refractivity contribution in [2.75, 3.05) is 12.4 Å². The van der Waals surface area contributed by atoms with Crippen LogP contribution < -0.4 is 16.0 Å². The van der Waals surface area contributed by atoms with E-state index in [0.717, 1.165) is 17.7 Å². The van der Waals surface area contributed by atoms with Crippen molar-refractivity contribution in [2.24, 2.45) is 16.7 Å². The molecule has 5 nitrogen and oxygen atoms in total. The SMILES string of the molecule is CNC(=O)[C@@H]1N[C@H](CC(C)(C)C)[C@]2(C(=O)Nc3cc(Cl)ccc32)[C@H]1C(C)(C)C. The van der Waals surface area contributed by atoms with Gasteiger partial charge in [0.15, 0.2) is 0 Å². The minimum Gasteiger partial charge on any atom is -0.358 e. The summed E-state index contributed by atoms with van der Waals surface area (Å²) in [6.45, 7) is 12.8. The third-order valence-electron chi connectivity index (χ3n) is 6.08. The van der Waals surface area contributed by atoms with Gasteiger partial charge in [-0.1, -0.05) is 59.2 Å². The standard InChI is InChI=1S/C22H32ClN3O2/c1-20(2,3)11-15-22(13-9-8-12(23)10-14(13)25-19(22)28)17(21(4,5)6)16(26-15)18(27)24-7/h8-10,15-17,26H,11H2,1-7H3,(H,24,27)(H,25,28)/t15-,16-,17-,22+/m1/s1. The number of amides is 2. The van der Waals surface area contributed by atoms with Crippen LogP contribution in [0.4, 0.5) is 5.69 Å². The fraction of sp³-hybridized carbons (Fsp3) is 0.636. The number of hydrogen-bond acceptors (Lipinski definition) is 3. The zero-order valence-electron chi connectivity index (χ0n) is 17.9. The van der Waals surface area contributed by atoms with Crippen molar-refractivity contribution in [1.29, 1.82) is 0 Å². The lowest BCUT2D eigenvalue weighted by molar-refractivity contribution is -0.127. The molecule has 3 rings (SSSR count). The second-order valence-electron chi connectivity index (χ2n) is 10.4. The Morgan fingerprint density at radius 1 is 1.21 bits per heavy atom. The molecule has 4 atom stereocenters. The molecule has 2 heterocycles. The highest BCUT2D eigenvalue weighted by Crippen LogP contribution is 2.57. The Balaban J connectivity index is 2.28. The lowest BCUT2D eigenvalue weighted by Crippen LogP contribution is -2.54. The highest BCUT2D eigenvalue weighted by molar-refractivity contribution is 6.31. The first-order valence-corrected chi connectivity index (χ1v) is 10.3. The van der Waals surface area contributed by atoms with E-state index in [1.54, 1.807) is 7.05 Å². The molecule has 2 aliphatic rings. The predicted octanol–water partition coefficient (Wildman–Crippen LogP) is 3.71. The Morgan fingerprint density at radius 2 is 1.86 bits per heavy atom. The fourth-order valence-electron chi connectivity index (χ4n) is 5.31. The summed E-state index contributed by atoms with van der Waals surface area (Å²) in [5.74, 6) is -0.335. The first kappa shape index (κ1) is 21.1. The van der Waals surface area contributed by atoms with Crippen LogP contribution in [0.2, 0.25) is 5.02 Å². The van der Waals surface area contributed by atoms with Gasteiger partial charge in [-0.25, -0.2) is 0 Å². The number of likely N-dealkylation sites (N-methyl/N-ethyl adjacent to an activating group) is 1. The Labute approximate surface area is 173 Å². The van der Waals surface area contributed by atoms with Gasteiger partial charge in [0, 0.05) is 29.7 Å². The van der Waals surface area contributed by atoms with Crippen LogP contribution in [0.1, 0.15) is 53.5 Å². The van der Waals surface area contributed by atoms with E-state index in [-0.39, 0.29) is 34.6 Å². The molecule has 1 fully saturated rings. The molecule has 2 aliphatic heterocycles. The number of halogens is 1. The molecule has 28 heavy (non-hydrogen) atoms. The molecule has 0 bridgehead atoms. The topological polar surface area (TPSA) is 70.2 Å². The molecule has 1 aromatic rings. The number of fused-ring (bicyclic) bond motifs is 2. The summed E-state index contributed by atoms with van der Waals surface area (Å²) >= 11 is 6.21. The quantitative estimate of drug-likeness (QED) is 0.702. The van der Waals surface area contributed by atoms with Crippen molar-refractivity contribution in [1.82, 2.24) is 10.6 Å². The van der Waals surface area contributed by atoms with E-state index in [0.29, 0.717) is 5.02 Å². The molecule has 0 saturated carbocycles. The van der Waals surface area contributed by atoms with Crippen LogP contribution in [-0.4, -0.2) is 30.9 Å². The summed E-state index contributed by atoms with van der Waals surface area (Å²) in [5.41, 5.74) is 0.568. The largest absolute Gasteiger partial charge is 0.358 e. The Morgan fingerprint density at radius 3 is 2.39 bits per heavy atom. The molecule has 1 aromatic carbocycles. The van der Waals surface area contributed by atoms with E-state index in [1.807, 2.05) is 18.2 Å². The maximum Gasteiger partial charge on any atom is 0.237 e. The fourth-order valence-corrected chi connectivity index (χ4v) is 5.48. The van der Waals surface area contributed by atoms with E-state index in [1.165, 1.54) is 0 Å². The zero-order chi connectivity index (χ0) is 21.1. The minimum atomic E-state index is -0.831. The Bertz CT molecular complexity index is 809. The average molecular weight is 406 g/mol. The van der Waals surface area contributed by atoms with Gasteiger partial charge in [-0.2, -0.15) is 0 Å². The molecule has 6 heteroatoms. The number of carbonyl (C=O) groups excluding carboxylic acids is 2. The molecule has 1 saturated heterocycles. The van der Waals surface area contributed by atoms with E-state index < -0.39 is 11.5 Å². The molecule has 3 N–H and O–H groups in total. The maximum atomic E-state index is 13.7. The lowest BCUT2D eigenvalue weighted by Gasteiger charge is -2.43. The second kappa shape index (κ2) is 6.74. The normalized spacial score (nSPS) is 29.7. The minimum absolute atomic E-state index is 0.0137. The molecular formula is C22H32ClN3O2. The van der Waals surface area contributed by atoms with Crippen LogP contribution in [0.25, 0.3) is 0 Å². The number of nitrogens with one attached hydrogen (secondary N) is 3. The van der Waals surface area contributed by atoms with E-state index in [2.05, 4.69) is 57.5 Å². The number of anilines is 1. The summed E-state index contributed by atoms with van der Waals surface area (Å²) in [5, 5.41) is 10.0. The van der Waals surface area contributed by atoms with Crippen LogP contribution in [0.15, 0.2) is 18.2 Å². The van der Waals surface area contributed by atoms with Gasteiger partial charge in [0.2, 0.25) is 11.8 Å². The van der Waals surface area contributed by atoms with Gasteiger partial charge in [-0.3, -0.25) is 9.59 Å². The molecule has 0 radical (unpaired) electrons. The molecule has 1 spiro atoms. The van der Waals surface area contributed by atoms with Gasteiger partial charge >= 0.3 is 0 Å². The molecule has 0 aliphatic carbocycles. The van der Waals surface area contributed by atoms with Crippen LogP contribution in [0, 0.1) is 16.7 Å². The lowest BCUT2D eigenvalue weighted by atomic mass is 9.57. The maximum absolute atomic E-state index is 13.7. The summed E-state index contributed by atoms with van der Waals surface area (Å²) < 4.78 is 0. The molecule has 2 amide bonds. The van der Waals surface area contributed by atoms with Crippen molar-refractivity contribution < 1.29 is 9.59 Å². The van der Waals surface area contributed by atoms with Crippen LogP contribution in [0.3, 0.4) is 0 Å². The van der Waals surface area contributed by atoms with Crippen LogP contribution >= 0.6 is 11.6 Å². The van der Waals surface area contributed by atoms with E-state index >= 15 is 0 Å². The predicted molar refractivity (Wildman–Crippen MR) is 114 cm³/mol. The van der Waals surface area contributed by atoms with Crippen LogP contribution in [0.5, 0.6) is 0 Å². The third-order valence-corrected chi connectivity index (χ3v) is 6.32. The summed E-state index contributed by atoms with van der Waals surface area (Å²) in [6, 6.07) is 4.98. The van der Waals surface area contributed by atoms with Crippen molar-refractivity contribution in [3.63, 3.8) is 0 Å². The third kappa shape index (κ3) is 3.22. The van der Waals surface area contributed by atoms with E-state index in [9.17, 15) is 9.59 Å². The first-order chi connectivity index (χ1) is 12.8. The van der Waals surface area contributed by atoms with Crippen molar-refractivity contribution in [3.8, 4) is 0 Å². The molecule has 0 unspecified atom stereocenters. The van der Waals surface area contributed by atoms with Gasteiger partial charge < -0.3 is 16.0 Å². The summed E-state index contributed by atoms with van der Waals surface area (Å²) in [6.07, 6.45) is 0.766. The number of carbonyl (C=O) groups is 2. The molecule has 154 valence electrons. The number of rotatable bonds is 2. The van der Waals surface area contributed by atoms with Gasteiger partial charge in [-0.05, 0) is 34.9 Å². The first-order valence-electron chi connectivity index (χ1n) is 9.91.